The number of hydrogen-bond donors (Lipinski definition) is 1. The van der Waals surface area contributed by atoms with Gasteiger partial charge in [0, 0.05) is 30.2 Å². The lowest BCUT2D eigenvalue weighted by Crippen LogP contribution is -2.62. The molecule has 4 aromatic rings. The van der Waals surface area contributed by atoms with Gasteiger partial charge in [0.05, 0.1) is 30.5 Å². The van der Waals surface area contributed by atoms with Crippen LogP contribution in [0, 0.1) is 11.6 Å². The van der Waals surface area contributed by atoms with E-state index in [2.05, 4.69) is 22.3 Å². The second-order valence-corrected chi connectivity index (χ2v) is 10.7. The molecule has 3 aromatic carbocycles. The van der Waals surface area contributed by atoms with Gasteiger partial charge in [0.2, 0.25) is 0 Å². The molecule has 1 atom stereocenters. The summed E-state index contributed by atoms with van der Waals surface area (Å²) in [6, 6.07) is 17.1. The van der Waals surface area contributed by atoms with Crippen LogP contribution in [0.5, 0.6) is 0 Å². The van der Waals surface area contributed by atoms with Crippen molar-refractivity contribution in [1.82, 2.24) is 20.2 Å². The van der Waals surface area contributed by atoms with E-state index in [0.29, 0.717) is 30.8 Å². The van der Waals surface area contributed by atoms with Gasteiger partial charge in [-0.15, -0.1) is 0 Å². The molecule has 2 aliphatic heterocycles. The summed E-state index contributed by atoms with van der Waals surface area (Å²) in [5.74, 6) is -1.39. The first kappa shape index (κ1) is 27.2. The molecule has 0 bridgehead atoms. The van der Waals surface area contributed by atoms with E-state index >= 15 is 0 Å². The molecule has 2 aliphatic rings. The number of nitrogens with one attached hydrogen (secondary N) is 1. The average Bonchev–Trinajstić information content (AvgIpc) is 3.39. The fourth-order valence-electron chi connectivity index (χ4n) is 5.82. The maximum Gasteiger partial charge on any atom is 0.273 e. The SMILES string of the molecule is CN1CCCCC1N(NC(=O)c1ccccc1N1CCOCC1)n1ncc2cc(Cc3cc(F)cc(F)c3)ccc21. The molecule has 2 saturated heterocycles. The number of aromatic nitrogens is 2. The Labute approximate surface area is 238 Å². The molecule has 0 aliphatic carbocycles. The molecule has 10 heteroatoms. The van der Waals surface area contributed by atoms with Gasteiger partial charge < -0.3 is 9.64 Å². The van der Waals surface area contributed by atoms with E-state index in [4.69, 9.17) is 9.84 Å². The van der Waals surface area contributed by atoms with Crippen LogP contribution >= 0.6 is 0 Å². The topological polar surface area (TPSA) is 65.9 Å². The number of hydrazine groups is 1. The predicted octanol–water partition coefficient (Wildman–Crippen LogP) is 4.47. The average molecular weight is 561 g/mol. The molecule has 1 amide bonds. The van der Waals surface area contributed by atoms with Crippen molar-refractivity contribution in [3.8, 4) is 0 Å². The molecule has 1 unspecified atom stereocenters. The molecule has 2 fully saturated rings. The van der Waals surface area contributed by atoms with Gasteiger partial charge in [0.25, 0.3) is 5.91 Å². The zero-order valence-electron chi connectivity index (χ0n) is 23.1. The molecule has 0 spiro atoms. The van der Waals surface area contributed by atoms with E-state index < -0.39 is 11.6 Å². The molecule has 8 nitrogen and oxygen atoms in total. The summed E-state index contributed by atoms with van der Waals surface area (Å²) in [4.78, 5) is 20.1. The van der Waals surface area contributed by atoms with Crippen molar-refractivity contribution in [3.05, 3.63) is 95.2 Å². The number of morpholine rings is 1. The minimum absolute atomic E-state index is 0.0960. The van der Waals surface area contributed by atoms with Crippen LogP contribution in [-0.2, 0) is 11.2 Å². The minimum Gasteiger partial charge on any atom is -0.378 e. The van der Waals surface area contributed by atoms with Crippen molar-refractivity contribution in [2.45, 2.75) is 31.8 Å². The summed E-state index contributed by atoms with van der Waals surface area (Å²) in [7, 11) is 2.06. The van der Waals surface area contributed by atoms with Crippen molar-refractivity contribution in [2.75, 3.05) is 49.9 Å². The first-order valence-electron chi connectivity index (χ1n) is 14.1. The number of carbonyl (C=O) groups is 1. The number of ether oxygens (including phenoxy) is 1. The Morgan fingerprint density at radius 2 is 1.78 bits per heavy atom. The highest BCUT2D eigenvalue weighted by atomic mass is 19.1. The third-order valence-electron chi connectivity index (χ3n) is 7.88. The monoisotopic (exact) mass is 560 g/mol. The molecule has 6 rings (SSSR count). The van der Waals surface area contributed by atoms with E-state index in [1.54, 1.807) is 11.0 Å². The van der Waals surface area contributed by atoms with E-state index in [1.165, 1.54) is 12.1 Å². The zero-order valence-corrected chi connectivity index (χ0v) is 23.1. The van der Waals surface area contributed by atoms with Crippen molar-refractivity contribution in [1.29, 1.82) is 0 Å². The van der Waals surface area contributed by atoms with Crippen molar-refractivity contribution in [3.63, 3.8) is 0 Å². The van der Waals surface area contributed by atoms with Gasteiger partial charge >= 0.3 is 0 Å². The molecular weight excluding hydrogens is 526 g/mol. The lowest BCUT2D eigenvalue weighted by Gasteiger charge is -2.41. The van der Waals surface area contributed by atoms with Crippen molar-refractivity contribution >= 4 is 22.5 Å². The highest BCUT2D eigenvalue weighted by Gasteiger charge is 2.30. The number of piperidine rings is 1. The molecule has 0 saturated carbocycles. The standard InChI is InChI=1S/C31H34F2N6O2/c1-36-11-5-4-8-30(36)39(35-31(40)27-6-2-3-7-29(27)37-12-14-41-15-13-37)38-28-10-9-22(17-24(28)21-34-38)16-23-18-25(32)20-26(33)19-23/h2-3,6-7,9-10,17-21,30H,4-5,8,11-16H2,1H3,(H,35,40). The predicted molar refractivity (Wildman–Crippen MR) is 154 cm³/mol. The van der Waals surface area contributed by atoms with Gasteiger partial charge in [0.1, 0.15) is 17.8 Å². The summed E-state index contributed by atoms with van der Waals surface area (Å²) in [6.45, 7) is 3.63. The van der Waals surface area contributed by atoms with Gasteiger partial charge in [-0.25, -0.2) is 14.2 Å². The number of para-hydroxylation sites is 1. The van der Waals surface area contributed by atoms with Crippen LogP contribution in [0.2, 0.25) is 0 Å². The third kappa shape index (κ3) is 5.89. The zero-order chi connectivity index (χ0) is 28.3. The second kappa shape index (κ2) is 11.8. The fraction of sp³-hybridized carbons (Fsp3) is 0.355. The first-order valence-corrected chi connectivity index (χ1v) is 14.1. The normalized spacial score (nSPS) is 18.0. The number of anilines is 1. The first-order chi connectivity index (χ1) is 20.0. The summed E-state index contributed by atoms with van der Waals surface area (Å²) in [5.41, 5.74) is 6.96. The lowest BCUT2D eigenvalue weighted by atomic mass is 10.0. The van der Waals surface area contributed by atoms with E-state index in [-0.39, 0.29) is 12.1 Å². The summed E-state index contributed by atoms with van der Waals surface area (Å²) < 4.78 is 33.0. The summed E-state index contributed by atoms with van der Waals surface area (Å²) in [5, 5.41) is 7.40. The minimum atomic E-state index is -0.591. The van der Waals surface area contributed by atoms with Gasteiger partial charge in [-0.3, -0.25) is 9.69 Å². The highest BCUT2D eigenvalue weighted by molar-refractivity contribution is 6.00. The largest absolute Gasteiger partial charge is 0.378 e. The molecule has 1 aromatic heterocycles. The molecule has 3 heterocycles. The number of halogens is 2. The molecule has 214 valence electrons. The van der Waals surface area contributed by atoms with E-state index in [9.17, 15) is 13.6 Å². The van der Waals surface area contributed by atoms with Crippen LogP contribution in [0.3, 0.4) is 0 Å². The number of amides is 1. The molecule has 1 N–H and O–H groups in total. The van der Waals surface area contributed by atoms with E-state index in [1.807, 2.05) is 47.6 Å². The Balaban J connectivity index is 1.31. The number of nitrogens with zero attached hydrogens (tertiary/aromatic N) is 5. The van der Waals surface area contributed by atoms with Crippen LogP contribution < -0.4 is 15.4 Å². The summed E-state index contributed by atoms with van der Waals surface area (Å²) in [6.07, 6.45) is 5.06. The van der Waals surface area contributed by atoms with Crippen LogP contribution in [0.25, 0.3) is 10.9 Å². The molecule has 0 radical (unpaired) electrons. The second-order valence-electron chi connectivity index (χ2n) is 10.7. The Morgan fingerprint density at radius 3 is 2.56 bits per heavy atom. The number of hydrogen-bond acceptors (Lipinski definition) is 6. The van der Waals surface area contributed by atoms with Crippen LogP contribution in [0.15, 0.2) is 66.9 Å². The maximum absolute atomic E-state index is 13.9. The Hall–Kier alpha value is -4.02. The number of likely N-dealkylation sites (tertiary alicyclic amines) is 1. The van der Waals surface area contributed by atoms with E-state index in [0.717, 1.165) is 67.1 Å². The van der Waals surface area contributed by atoms with Crippen LogP contribution in [0.4, 0.5) is 14.5 Å². The lowest BCUT2D eigenvalue weighted by molar-refractivity contribution is 0.0859. The van der Waals surface area contributed by atoms with Crippen molar-refractivity contribution < 1.29 is 18.3 Å². The van der Waals surface area contributed by atoms with Crippen LogP contribution in [-0.4, -0.2) is 66.8 Å². The van der Waals surface area contributed by atoms with Gasteiger partial charge in [-0.05, 0) is 86.8 Å². The van der Waals surface area contributed by atoms with Gasteiger partial charge in [0.15, 0.2) is 0 Å². The number of rotatable bonds is 7. The Bertz CT molecular complexity index is 1520. The van der Waals surface area contributed by atoms with Gasteiger partial charge in [-0.2, -0.15) is 15.0 Å². The summed E-state index contributed by atoms with van der Waals surface area (Å²) >= 11 is 0. The molecular formula is C31H34F2N6O2. The Kier molecular flexibility index (Phi) is 7.84. The smallest absolute Gasteiger partial charge is 0.273 e. The Morgan fingerprint density at radius 1 is 1.00 bits per heavy atom. The maximum atomic E-state index is 13.9. The number of carbonyl (C=O) groups excluding carboxylic acids is 1. The number of fused-ring (bicyclic) bond motifs is 1. The third-order valence-corrected chi connectivity index (χ3v) is 7.88. The fourth-order valence-corrected chi connectivity index (χ4v) is 5.82. The van der Waals surface area contributed by atoms with Crippen LogP contribution in [0.1, 0.15) is 40.7 Å². The molecule has 41 heavy (non-hydrogen) atoms. The highest BCUT2D eigenvalue weighted by Crippen LogP contribution is 2.25. The quantitative estimate of drug-likeness (QED) is 0.337. The number of benzene rings is 3. The van der Waals surface area contributed by atoms with Crippen molar-refractivity contribution in [2.24, 2.45) is 0 Å². The van der Waals surface area contributed by atoms with Gasteiger partial charge in [-0.1, -0.05) is 18.2 Å².